The van der Waals surface area contributed by atoms with E-state index in [2.05, 4.69) is 6.07 Å². The molecular formula is C22H18N2O3. The summed E-state index contributed by atoms with van der Waals surface area (Å²) in [5, 5.41) is 21.7. The zero-order chi connectivity index (χ0) is 19.0. The molecule has 0 amide bonds. The molecule has 5 nitrogen and oxygen atoms in total. The number of fused-ring (bicyclic) bond motifs is 3. The average Bonchev–Trinajstić information content (AvgIpc) is 2.69. The Morgan fingerprint density at radius 2 is 2.00 bits per heavy atom. The number of nitriles is 1. The number of allylic oxidation sites excluding steroid dienone is 1. The number of nitrogens with two attached hydrogens (primary N) is 1. The summed E-state index contributed by atoms with van der Waals surface area (Å²) in [6.07, 6.45) is 0. The average molecular weight is 358 g/mol. The molecule has 27 heavy (non-hydrogen) atoms. The summed E-state index contributed by atoms with van der Waals surface area (Å²) >= 11 is 0. The molecule has 0 spiro atoms. The zero-order valence-corrected chi connectivity index (χ0v) is 14.8. The Hall–Kier alpha value is -3.65. The Bertz CT molecular complexity index is 1110. The molecule has 1 atom stereocenters. The van der Waals surface area contributed by atoms with Gasteiger partial charge < -0.3 is 20.3 Å². The summed E-state index contributed by atoms with van der Waals surface area (Å²) in [7, 11) is 0. The number of aromatic hydroxyl groups is 1. The van der Waals surface area contributed by atoms with Gasteiger partial charge in [-0.15, -0.1) is 0 Å². The SMILES string of the molecule is CCOc1cc([C@@H]2C(C#N)=C(N)Oc3c2ccc2ccccc32)ccc1O. The van der Waals surface area contributed by atoms with Crippen LogP contribution in [0.4, 0.5) is 0 Å². The van der Waals surface area contributed by atoms with Gasteiger partial charge in [-0.05, 0) is 30.0 Å². The molecule has 0 saturated heterocycles. The third-order valence-corrected chi connectivity index (χ3v) is 4.72. The highest BCUT2D eigenvalue weighted by Crippen LogP contribution is 2.46. The number of phenolic OH excluding ortho intramolecular Hbond substituents is 1. The molecule has 134 valence electrons. The Morgan fingerprint density at radius 1 is 1.19 bits per heavy atom. The normalized spacial score (nSPS) is 15.8. The van der Waals surface area contributed by atoms with E-state index >= 15 is 0 Å². The minimum Gasteiger partial charge on any atom is -0.504 e. The Balaban J connectivity index is 1.96. The van der Waals surface area contributed by atoms with Crippen LogP contribution >= 0.6 is 0 Å². The minimum absolute atomic E-state index is 0.0573. The van der Waals surface area contributed by atoms with Crippen LogP contribution in [0.3, 0.4) is 0 Å². The first kappa shape index (κ1) is 16.8. The first-order valence-corrected chi connectivity index (χ1v) is 8.69. The van der Waals surface area contributed by atoms with Crippen molar-refractivity contribution < 1.29 is 14.6 Å². The standard InChI is InChI=1S/C22H18N2O3/c1-2-26-19-11-14(8-10-18(19)25)20-16-9-7-13-5-3-4-6-15(13)21(16)27-22(24)17(20)12-23/h3-11,20,25H,2,24H2,1H3/t20-/m0/s1. The fourth-order valence-corrected chi connectivity index (χ4v) is 3.51. The molecule has 1 aliphatic heterocycles. The predicted octanol–water partition coefficient (Wildman–Crippen LogP) is 4.16. The number of hydrogen-bond acceptors (Lipinski definition) is 5. The van der Waals surface area contributed by atoms with Crippen LogP contribution in [0.5, 0.6) is 17.2 Å². The lowest BCUT2D eigenvalue weighted by Gasteiger charge is -2.27. The van der Waals surface area contributed by atoms with Crippen molar-refractivity contribution in [2.45, 2.75) is 12.8 Å². The van der Waals surface area contributed by atoms with Crippen LogP contribution in [0, 0.1) is 11.3 Å². The van der Waals surface area contributed by atoms with Crippen molar-refractivity contribution in [3.05, 3.63) is 77.2 Å². The van der Waals surface area contributed by atoms with Crippen molar-refractivity contribution >= 4 is 10.8 Å². The second-order valence-corrected chi connectivity index (χ2v) is 6.29. The van der Waals surface area contributed by atoms with Gasteiger partial charge >= 0.3 is 0 Å². The molecule has 0 unspecified atom stereocenters. The molecule has 3 aromatic rings. The van der Waals surface area contributed by atoms with Crippen LogP contribution in [0.2, 0.25) is 0 Å². The van der Waals surface area contributed by atoms with Gasteiger partial charge in [0, 0.05) is 10.9 Å². The van der Waals surface area contributed by atoms with E-state index in [1.54, 1.807) is 18.2 Å². The lowest BCUT2D eigenvalue weighted by atomic mass is 9.82. The van der Waals surface area contributed by atoms with Crippen molar-refractivity contribution in [3.63, 3.8) is 0 Å². The molecule has 4 rings (SSSR count). The van der Waals surface area contributed by atoms with Gasteiger partial charge in [0.1, 0.15) is 17.4 Å². The highest BCUT2D eigenvalue weighted by molar-refractivity contribution is 5.91. The Morgan fingerprint density at radius 3 is 2.78 bits per heavy atom. The fraction of sp³-hybridized carbons (Fsp3) is 0.136. The summed E-state index contributed by atoms with van der Waals surface area (Å²) in [4.78, 5) is 0. The van der Waals surface area contributed by atoms with Gasteiger partial charge in [-0.2, -0.15) is 5.26 Å². The maximum Gasteiger partial charge on any atom is 0.205 e. The van der Waals surface area contributed by atoms with Gasteiger partial charge in [-0.3, -0.25) is 0 Å². The third kappa shape index (κ3) is 2.72. The second kappa shape index (κ2) is 6.58. The van der Waals surface area contributed by atoms with E-state index in [1.165, 1.54) is 0 Å². The molecule has 0 aromatic heterocycles. The van der Waals surface area contributed by atoms with Crippen LogP contribution in [0.15, 0.2) is 66.1 Å². The summed E-state index contributed by atoms with van der Waals surface area (Å²) in [6.45, 7) is 2.27. The van der Waals surface area contributed by atoms with Crippen molar-refractivity contribution in [2.24, 2.45) is 5.73 Å². The first-order chi connectivity index (χ1) is 13.1. The van der Waals surface area contributed by atoms with E-state index in [1.807, 2.05) is 43.3 Å². The van der Waals surface area contributed by atoms with Gasteiger partial charge in [0.05, 0.1) is 12.5 Å². The number of rotatable bonds is 3. The Labute approximate surface area is 156 Å². The highest BCUT2D eigenvalue weighted by atomic mass is 16.5. The first-order valence-electron chi connectivity index (χ1n) is 8.69. The predicted molar refractivity (Wildman–Crippen MR) is 103 cm³/mol. The van der Waals surface area contributed by atoms with Gasteiger partial charge in [0.15, 0.2) is 11.5 Å². The molecule has 5 heteroatoms. The summed E-state index contributed by atoms with van der Waals surface area (Å²) < 4.78 is 11.4. The van der Waals surface area contributed by atoms with Crippen molar-refractivity contribution in [1.82, 2.24) is 0 Å². The van der Waals surface area contributed by atoms with E-state index in [4.69, 9.17) is 15.2 Å². The number of phenols is 1. The van der Waals surface area contributed by atoms with E-state index < -0.39 is 5.92 Å². The van der Waals surface area contributed by atoms with Crippen LogP contribution in [-0.4, -0.2) is 11.7 Å². The highest BCUT2D eigenvalue weighted by Gasteiger charge is 2.32. The maximum absolute atomic E-state index is 10.0. The molecule has 3 aromatic carbocycles. The molecule has 0 fully saturated rings. The van der Waals surface area contributed by atoms with Crippen molar-refractivity contribution in [3.8, 4) is 23.3 Å². The smallest absolute Gasteiger partial charge is 0.205 e. The molecule has 3 N–H and O–H groups in total. The maximum atomic E-state index is 10.0. The van der Waals surface area contributed by atoms with Gasteiger partial charge in [-0.1, -0.05) is 42.5 Å². The lowest BCUT2D eigenvalue weighted by Crippen LogP contribution is -2.21. The minimum atomic E-state index is -0.400. The molecule has 1 heterocycles. The zero-order valence-electron chi connectivity index (χ0n) is 14.8. The van der Waals surface area contributed by atoms with Crippen LogP contribution < -0.4 is 15.2 Å². The molecule has 1 aliphatic rings. The van der Waals surface area contributed by atoms with E-state index in [9.17, 15) is 10.4 Å². The second-order valence-electron chi connectivity index (χ2n) is 6.29. The monoisotopic (exact) mass is 358 g/mol. The summed E-state index contributed by atoms with van der Waals surface area (Å²) in [5.41, 5.74) is 8.10. The van der Waals surface area contributed by atoms with Gasteiger partial charge in [-0.25, -0.2) is 0 Å². The number of benzene rings is 3. The van der Waals surface area contributed by atoms with Crippen LogP contribution in [-0.2, 0) is 0 Å². The van der Waals surface area contributed by atoms with E-state index in [-0.39, 0.29) is 11.6 Å². The third-order valence-electron chi connectivity index (χ3n) is 4.72. The largest absolute Gasteiger partial charge is 0.504 e. The van der Waals surface area contributed by atoms with Gasteiger partial charge in [0.25, 0.3) is 0 Å². The number of nitrogens with zero attached hydrogens (tertiary/aromatic N) is 1. The number of ether oxygens (including phenoxy) is 2. The number of hydrogen-bond donors (Lipinski definition) is 2. The van der Waals surface area contributed by atoms with Crippen LogP contribution in [0.1, 0.15) is 24.0 Å². The molecule has 0 aliphatic carbocycles. The Kier molecular flexibility index (Phi) is 4.09. The van der Waals surface area contributed by atoms with E-state index in [0.717, 1.165) is 21.9 Å². The fourth-order valence-electron chi connectivity index (χ4n) is 3.51. The molecule has 0 bridgehead atoms. The summed E-state index contributed by atoms with van der Waals surface area (Å²) in [5.74, 6) is 0.780. The van der Waals surface area contributed by atoms with Gasteiger partial charge in [0.2, 0.25) is 5.88 Å². The van der Waals surface area contributed by atoms with E-state index in [0.29, 0.717) is 23.7 Å². The van der Waals surface area contributed by atoms with Crippen molar-refractivity contribution in [2.75, 3.05) is 6.61 Å². The quantitative estimate of drug-likeness (QED) is 0.734. The van der Waals surface area contributed by atoms with Crippen LogP contribution in [0.25, 0.3) is 10.8 Å². The molecular weight excluding hydrogens is 340 g/mol. The van der Waals surface area contributed by atoms with Crippen molar-refractivity contribution in [1.29, 1.82) is 5.26 Å². The molecule has 0 saturated carbocycles. The topological polar surface area (TPSA) is 88.5 Å². The molecule has 0 radical (unpaired) electrons. The lowest BCUT2D eigenvalue weighted by molar-refractivity contribution is 0.317. The summed E-state index contributed by atoms with van der Waals surface area (Å²) in [6, 6.07) is 19.1.